The van der Waals surface area contributed by atoms with Crippen molar-refractivity contribution in [3.8, 4) is 0 Å². The second-order valence-corrected chi connectivity index (χ2v) is 5.39. The Balaban J connectivity index is 2.18. The monoisotopic (exact) mass is 307 g/mol. The fraction of sp³-hybridized carbons (Fsp3) is 0.231. The molecule has 1 aromatic heterocycles. The Morgan fingerprint density at radius 3 is 2.81 bits per heavy atom. The van der Waals surface area contributed by atoms with E-state index in [0.29, 0.717) is 16.3 Å². The van der Waals surface area contributed by atoms with E-state index >= 15 is 0 Å². The summed E-state index contributed by atoms with van der Waals surface area (Å²) in [6, 6.07) is 4.62. The average molecular weight is 307 g/mol. The first-order valence-corrected chi connectivity index (χ1v) is 6.96. The number of aromatic nitrogens is 1. The van der Waals surface area contributed by atoms with Gasteiger partial charge in [0, 0.05) is 22.7 Å². The van der Waals surface area contributed by atoms with Crippen molar-refractivity contribution in [2.75, 3.05) is 5.32 Å². The fourth-order valence-electron chi connectivity index (χ4n) is 1.79. The number of hydrogen-bond acceptors (Lipinski definition) is 6. The van der Waals surface area contributed by atoms with Gasteiger partial charge in [-0.2, -0.15) is 0 Å². The van der Waals surface area contributed by atoms with E-state index in [1.54, 1.807) is 19.1 Å². The van der Waals surface area contributed by atoms with Crippen molar-refractivity contribution in [3.05, 3.63) is 50.0 Å². The van der Waals surface area contributed by atoms with E-state index in [1.165, 1.54) is 22.8 Å². The minimum Gasteiger partial charge on any atom is -0.476 e. The molecule has 0 spiro atoms. The molecule has 1 heterocycles. The van der Waals surface area contributed by atoms with Crippen molar-refractivity contribution in [3.63, 3.8) is 0 Å². The number of thiazole rings is 1. The maximum absolute atomic E-state index is 10.9. The van der Waals surface area contributed by atoms with Gasteiger partial charge in [-0.25, -0.2) is 9.78 Å². The SMILES string of the molecule is Cc1ccc(NC(C)c2nc(C(=O)O)cs2)cc1[N+](=O)[O-]. The number of nitro benzene ring substituents is 1. The maximum Gasteiger partial charge on any atom is 0.355 e. The highest BCUT2D eigenvalue weighted by Crippen LogP contribution is 2.26. The summed E-state index contributed by atoms with van der Waals surface area (Å²) >= 11 is 1.23. The number of aryl methyl sites for hydroxylation is 1. The minimum absolute atomic E-state index is 0.00135. The van der Waals surface area contributed by atoms with Gasteiger partial charge in [0.2, 0.25) is 0 Å². The lowest BCUT2D eigenvalue weighted by molar-refractivity contribution is -0.385. The van der Waals surface area contributed by atoms with Gasteiger partial charge < -0.3 is 10.4 Å². The molecule has 0 aliphatic rings. The normalized spacial score (nSPS) is 11.9. The number of anilines is 1. The van der Waals surface area contributed by atoms with E-state index in [4.69, 9.17) is 5.11 Å². The Kier molecular flexibility index (Phi) is 4.18. The average Bonchev–Trinajstić information content (AvgIpc) is 2.90. The summed E-state index contributed by atoms with van der Waals surface area (Å²) in [6.07, 6.45) is 0. The molecule has 2 N–H and O–H groups in total. The summed E-state index contributed by atoms with van der Waals surface area (Å²) in [5.74, 6) is -1.07. The molecule has 1 aromatic carbocycles. The molecule has 2 aromatic rings. The lowest BCUT2D eigenvalue weighted by Gasteiger charge is -2.12. The van der Waals surface area contributed by atoms with Crippen LogP contribution in [0.5, 0.6) is 0 Å². The van der Waals surface area contributed by atoms with Crippen LogP contribution in [0.4, 0.5) is 11.4 Å². The molecule has 1 atom stereocenters. The third kappa shape index (κ3) is 3.34. The molecular weight excluding hydrogens is 294 g/mol. The molecule has 0 amide bonds. The summed E-state index contributed by atoms with van der Waals surface area (Å²) in [5, 5.41) is 24.9. The van der Waals surface area contributed by atoms with Gasteiger partial charge in [0.15, 0.2) is 5.69 Å². The zero-order valence-corrected chi connectivity index (χ0v) is 12.2. The molecule has 0 saturated carbocycles. The lowest BCUT2D eigenvalue weighted by Crippen LogP contribution is -2.07. The van der Waals surface area contributed by atoms with E-state index in [9.17, 15) is 14.9 Å². The van der Waals surface area contributed by atoms with Crippen LogP contribution in [0.15, 0.2) is 23.6 Å². The Morgan fingerprint density at radius 1 is 1.52 bits per heavy atom. The van der Waals surface area contributed by atoms with Crippen LogP contribution in [0.2, 0.25) is 0 Å². The number of nitrogens with zero attached hydrogens (tertiary/aromatic N) is 2. The van der Waals surface area contributed by atoms with E-state index < -0.39 is 10.9 Å². The Morgan fingerprint density at radius 2 is 2.24 bits per heavy atom. The molecule has 2 rings (SSSR count). The van der Waals surface area contributed by atoms with Gasteiger partial charge >= 0.3 is 5.97 Å². The number of carboxylic acids is 1. The van der Waals surface area contributed by atoms with E-state index in [-0.39, 0.29) is 17.4 Å². The Bertz CT molecular complexity index is 698. The molecule has 0 aliphatic heterocycles. The summed E-state index contributed by atoms with van der Waals surface area (Å²) in [7, 11) is 0. The Labute approximate surface area is 124 Å². The third-order valence-electron chi connectivity index (χ3n) is 2.90. The zero-order chi connectivity index (χ0) is 15.6. The zero-order valence-electron chi connectivity index (χ0n) is 11.4. The van der Waals surface area contributed by atoms with Gasteiger partial charge in [-0.3, -0.25) is 10.1 Å². The van der Waals surface area contributed by atoms with Gasteiger partial charge in [-0.05, 0) is 19.9 Å². The van der Waals surface area contributed by atoms with Crippen LogP contribution in [0.25, 0.3) is 0 Å². The van der Waals surface area contributed by atoms with E-state index in [1.807, 2.05) is 6.92 Å². The number of aromatic carboxylic acids is 1. The molecule has 1 unspecified atom stereocenters. The van der Waals surface area contributed by atoms with Crippen molar-refractivity contribution < 1.29 is 14.8 Å². The first-order valence-electron chi connectivity index (χ1n) is 6.08. The third-order valence-corrected chi connectivity index (χ3v) is 3.93. The van der Waals surface area contributed by atoms with Gasteiger partial charge in [0.25, 0.3) is 5.69 Å². The highest BCUT2D eigenvalue weighted by Gasteiger charge is 2.16. The van der Waals surface area contributed by atoms with Crippen molar-refractivity contribution in [1.29, 1.82) is 0 Å². The quantitative estimate of drug-likeness (QED) is 0.649. The molecule has 0 aliphatic carbocycles. The summed E-state index contributed by atoms with van der Waals surface area (Å²) in [4.78, 5) is 25.3. The van der Waals surface area contributed by atoms with Crippen LogP contribution in [0.1, 0.15) is 34.0 Å². The molecule has 21 heavy (non-hydrogen) atoms. The number of carbonyl (C=O) groups is 1. The Hall–Kier alpha value is -2.48. The van der Waals surface area contributed by atoms with Crippen LogP contribution in [-0.2, 0) is 0 Å². The number of benzene rings is 1. The van der Waals surface area contributed by atoms with Crippen LogP contribution in [0.3, 0.4) is 0 Å². The summed E-state index contributed by atoms with van der Waals surface area (Å²) in [6.45, 7) is 3.49. The van der Waals surface area contributed by atoms with Crippen molar-refractivity contribution in [2.24, 2.45) is 0 Å². The van der Waals surface area contributed by atoms with E-state index in [2.05, 4.69) is 10.3 Å². The second-order valence-electron chi connectivity index (χ2n) is 4.50. The van der Waals surface area contributed by atoms with Crippen LogP contribution in [-0.4, -0.2) is 21.0 Å². The number of rotatable bonds is 5. The molecule has 7 nitrogen and oxygen atoms in total. The van der Waals surface area contributed by atoms with Crippen molar-refractivity contribution in [1.82, 2.24) is 4.98 Å². The molecule has 0 fully saturated rings. The first kappa shape index (κ1) is 14.9. The van der Waals surface area contributed by atoms with Gasteiger partial charge in [-0.15, -0.1) is 11.3 Å². The standard InChI is InChI=1S/C13H13N3O4S/c1-7-3-4-9(5-11(7)16(19)20)14-8(2)12-15-10(6-21-12)13(17)18/h3-6,8,14H,1-2H3,(H,17,18). The number of nitrogens with one attached hydrogen (secondary N) is 1. The highest BCUT2D eigenvalue weighted by molar-refractivity contribution is 7.09. The van der Waals surface area contributed by atoms with E-state index in [0.717, 1.165) is 0 Å². The molecule has 0 bridgehead atoms. The van der Waals surface area contributed by atoms with Crippen molar-refractivity contribution in [2.45, 2.75) is 19.9 Å². The fourth-order valence-corrected chi connectivity index (χ4v) is 2.59. The number of nitro groups is 1. The predicted molar refractivity (Wildman–Crippen MR) is 78.9 cm³/mol. The first-order chi connectivity index (χ1) is 9.88. The predicted octanol–water partition coefficient (Wildman–Crippen LogP) is 3.23. The molecule has 0 radical (unpaired) electrons. The molecule has 8 heteroatoms. The summed E-state index contributed by atoms with van der Waals surface area (Å²) in [5.41, 5.74) is 1.21. The molecule has 110 valence electrons. The maximum atomic E-state index is 10.9. The van der Waals surface area contributed by atoms with Crippen LogP contribution in [0, 0.1) is 17.0 Å². The largest absolute Gasteiger partial charge is 0.476 e. The highest BCUT2D eigenvalue weighted by atomic mass is 32.1. The van der Waals surface area contributed by atoms with Gasteiger partial charge in [0.05, 0.1) is 11.0 Å². The van der Waals surface area contributed by atoms with Crippen LogP contribution < -0.4 is 5.32 Å². The smallest absolute Gasteiger partial charge is 0.355 e. The minimum atomic E-state index is -1.07. The molecular formula is C13H13N3O4S. The second kappa shape index (κ2) is 5.88. The topological polar surface area (TPSA) is 105 Å². The number of hydrogen-bond donors (Lipinski definition) is 2. The lowest BCUT2D eigenvalue weighted by atomic mass is 10.1. The number of carboxylic acid groups (broad SMARTS) is 1. The van der Waals surface area contributed by atoms with Crippen LogP contribution >= 0.6 is 11.3 Å². The summed E-state index contributed by atoms with van der Waals surface area (Å²) < 4.78 is 0. The molecule has 0 saturated heterocycles. The van der Waals surface area contributed by atoms with Gasteiger partial charge in [-0.1, -0.05) is 6.07 Å². The van der Waals surface area contributed by atoms with Crippen molar-refractivity contribution >= 4 is 28.7 Å². The van der Waals surface area contributed by atoms with Gasteiger partial charge in [0.1, 0.15) is 5.01 Å².